The van der Waals surface area contributed by atoms with Crippen LogP contribution in [0.25, 0.3) is 6.08 Å². The molecular formula is C19H26. The van der Waals surface area contributed by atoms with Crippen LogP contribution in [-0.2, 0) is 0 Å². The van der Waals surface area contributed by atoms with Crippen LogP contribution < -0.4 is 0 Å². The van der Waals surface area contributed by atoms with Crippen LogP contribution in [0, 0.1) is 5.41 Å². The minimum Gasteiger partial charge on any atom is -0.125 e. The second-order valence-corrected chi connectivity index (χ2v) is 6.11. The molecule has 0 saturated heterocycles. The third-order valence-corrected chi connectivity index (χ3v) is 3.20. The fourth-order valence-electron chi connectivity index (χ4n) is 1.89. The molecule has 19 heavy (non-hydrogen) atoms. The predicted molar refractivity (Wildman–Crippen MR) is 86.1 cm³/mol. The Morgan fingerprint density at radius 1 is 1.16 bits per heavy atom. The highest BCUT2D eigenvalue weighted by molar-refractivity contribution is 5.47. The summed E-state index contributed by atoms with van der Waals surface area (Å²) >= 11 is 0. The average molecular weight is 254 g/mol. The minimum absolute atomic E-state index is 0.351. The lowest BCUT2D eigenvalue weighted by Crippen LogP contribution is -2.08. The van der Waals surface area contributed by atoms with Gasteiger partial charge in [0.2, 0.25) is 0 Å². The van der Waals surface area contributed by atoms with Crippen LogP contribution in [0.4, 0.5) is 0 Å². The Kier molecular flexibility index (Phi) is 6.39. The number of hydrogen-bond donors (Lipinski definition) is 0. The molecule has 0 amide bonds. The summed E-state index contributed by atoms with van der Waals surface area (Å²) in [4.78, 5) is 0. The molecule has 0 nitrogen and oxygen atoms in total. The first-order chi connectivity index (χ1) is 8.99. The van der Waals surface area contributed by atoms with Crippen LogP contribution in [0.1, 0.15) is 52.5 Å². The van der Waals surface area contributed by atoms with Gasteiger partial charge >= 0.3 is 0 Å². The molecule has 0 aromatic heterocycles. The van der Waals surface area contributed by atoms with Crippen molar-refractivity contribution in [3.05, 3.63) is 59.4 Å². The Morgan fingerprint density at radius 2 is 1.84 bits per heavy atom. The van der Waals surface area contributed by atoms with Crippen LogP contribution in [0.2, 0.25) is 0 Å². The molecule has 0 bridgehead atoms. The van der Waals surface area contributed by atoms with Gasteiger partial charge < -0.3 is 0 Å². The van der Waals surface area contributed by atoms with E-state index in [-0.39, 0.29) is 0 Å². The Morgan fingerprint density at radius 3 is 2.47 bits per heavy atom. The van der Waals surface area contributed by atoms with Gasteiger partial charge in [-0.05, 0) is 56.2 Å². The summed E-state index contributed by atoms with van der Waals surface area (Å²) in [6.07, 6.45) is 10.0. The van der Waals surface area contributed by atoms with Gasteiger partial charge in [-0.1, -0.05) is 55.8 Å². The number of allylic oxidation sites excluding steroid dienone is 3. The first-order valence-electron chi connectivity index (χ1n) is 7.09. The van der Waals surface area contributed by atoms with E-state index in [1.54, 1.807) is 0 Å². The molecular weight excluding hydrogens is 228 g/mol. The van der Waals surface area contributed by atoms with E-state index >= 15 is 0 Å². The molecule has 0 fully saturated rings. The van der Waals surface area contributed by atoms with Crippen molar-refractivity contribution in [3.63, 3.8) is 0 Å². The maximum Gasteiger partial charge on any atom is -0.0131 e. The SMILES string of the molecule is CC(C)=CCCC(C)(C)CC=C=Cc1ccccc1. The van der Waals surface area contributed by atoms with Crippen LogP contribution >= 0.6 is 0 Å². The molecule has 0 N–H and O–H groups in total. The first-order valence-corrected chi connectivity index (χ1v) is 7.09. The largest absolute Gasteiger partial charge is 0.125 e. The molecule has 1 aromatic rings. The maximum atomic E-state index is 3.29. The van der Waals surface area contributed by atoms with E-state index in [0.717, 1.165) is 6.42 Å². The van der Waals surface area contributed by atoms with Crippen LogP contribution in [0.5, 0.6) is 0 Å². The lowest BCUT2D eigenvalue weighted by atomic mass is 9.84. The Balaban J connectivity index is 2.46. The lowest BCUT2D eigenvalue weighted by Gasteiger charge is -2.21. The molecule has 0 atom stereocenters. The van der Waals surface area contributed by atoms with Crippen LogP contribution in [0.15, 0.2) is 53.8 Å². The zero-order valence-electron chi connectivity index (χ0n) is 12.7. The summed E-state index contributed by atoms with van der Waals surface area (Å²) in [5.41, 5.74) is 6.26. The van der Waals surface area contributed by atoms with Crippen molar-refractivity contribution in [3.8, 4) is 0 Å². The molecule has 0 aliphatic carbocycles. The maximum absolute atomic E-state index is 3.29. The number of benzene rings is 1. The normalized spacial score (nSPS) is 10.5. The van der Waals surface area contributed by atoms with Gasteiger partial charge in [-0.3, -0.25) is 0 Å². The van der Waals surface area contributed by atoms with Gasteiger partial charge in [-0.25, -0.2) is 0 Å². The third-order valence-electron chi connectivity index (χ3n) is 3.20. The molecule has 0 unspecified atom stereocenters. The van der Waals surface area contributed by atoms with E-state index in [1.807, 2.05) is 12.1 Å². The Labute approximate surface area is 118 Å². The van der Waals surface area contributed by atoms with E-state index in [4.69, 9.17) is 0 Å². The van der Waals surface area contributed by atoms with E-state index in [2.05, 4.69) is 69.8 Å². The van der Waals surface area contributed by atoms with Crippen molar-refractivity contribution in [1.82, 2.24) is 0 Å². The lowest BCUT2D eigenvalue weighted by molar-refractivity contribution is 0.343. The second kappa shape index (κ2) is 7.81. The van der Waals surface area contributed by atoms with Gasteiger partial charge in [0.15, 0.2) is 0 Å². The molecule has 0 radical (unpaired) electrons. The smallest absolute Gasteiger partial charge is 0.0131 e. The molecule has 102 valence electrons. The zero-order valence-corrected chi connectivity index (χ0v) is 12.7. The van der Waals surface area contributed by atoms with Crippen LogP contribution in [-0.4, -0.2) is 0 Å². The molecule has 0 heterocycles. The molecule has 1 rings (SSSR count). The van der Waals surface area contributed by atoms with Gasteiger partial charge in [0.1, 0.15) is 0 Å². The van der Waals surface area contributed by atoms with Crippen molar-refractivity contribution < 1.29 is 0 Å². The van der Waals surface area contributed by atoms with Crippen molar-refractivity contribution in [2.45, 2.75) is 47.0 Å². The third kappa shape index (κ3) is 7.49. The first kappa shape index (κ1) is 15.5. The molecule has 1 aromatic carbocycles. The Hall–Kier alpha value is -1.52. The Bertz CT molecular complexity index is 450. The van der Waals surface area contributed by atoms with Gasteiger partial charge in [0.25, 0.3) is 0 Å². The monoisotopic (exact) mass is 254 g/mol. The molecule has 0 saturated carbocycles. The topological polar surface area (TPSA) is 0 Å². The highest BCUT2D eigenvalue weighted by atomic mass is 14.2. The van der Waals surface area contributed by atoms with Gasteiger partial charge in [0.05, 0.1) is 0 Å². The van der Waals surface area contributed by atoms with Crippen molar-refractivity contribution >= 4 is 6.08 Å². The predicted octanol–water partition coefficient (Wildman–Crippen LogP) is 6.02. The van der Waals surface area contributed by atoms with Crippen LogP contribution in [0.3, 0.4) is 0 Å². The van der Waals surface area contributed by atoms with E-state index in [9.17, 15) is 0 Å². The van der Waals surface area contributed by atoms with Crippen molar-refractivity contribution in [2.24, 2.45) is 5.41 Å². The summed E-state index contributed by atoms with van der Waals surface area (Å²) in [5, 5.41) is 0. The summed E-state index contributed by atoms with van der Waals surface area (Å²) < 4.78 is 0. The van der Waals surface area contributed by atoms with Crippen molar-refractivity contribution in [2.75, 3.05) is 0 Å². The van der Waals surface area contributed by atoms with Crippen molar-refractivity contribution in [1.29, 1.82) is 0 Å². The molecule has 0 aliphatic heterocycles. The standard InChI is InChI=1S/C19H26/c1-17(2)11-10-16-19(3,4)15-9-8-14-18-12-6-5-7-13-18/h5-7,9,11-14H,10,15-16H2,1-4H3. The zero-order chi connectivity index (χ0) is 14.1. The summed E-state index contributed by atoms with van der Waals surface area (Å²) in [7, 11) is 0. The van der Waals surface area contributed by atoms with Gasteiger partial charge in [-0.2, -0.15) is 0 Å². The highest BCUT2D eigenvalue weighted by Gasteiger charge is 2.14. The number of rotatable bonds is 6. The van der Waals surface area contributed by atoms with E-state index in [0.29, 0.717) is 5.41 Å². The van der Waals surface area contributed by atoms with E-state index < -0.39 is 0 Å². The summed E-state index contributed by atoms with van der Waals surface area (Å²) in [6, 6.07) is 10.3. The quantitative estimate of drug-likeness (QED) is 0.430. The second-order valence-electron chi connectivity index (χ2n) is 6.11. The number of hydrogen-bond acceptors (Lipinski definition) is 0. The fourth-order valence-corrected chi connectivity index (χ4v) is 1.89. The molecule has 0 heteroatoms. The fraction of sp³-hybridized carbons (Fsp3) is 0.421. The highest BCUT2D eigenvalue weighted by Crippen LogP contribution is 2.27. The minimum atomic E-state index is 0.351. The molecule has 0 aliphatic rings. The average Bonchev–Trinajstić information content (AvgIpc) is 2.35. The van der Waals surface area contributed by atoms with Gasteiger partial charge in [0, 0.05) is 0 Å². The van der Waals surface area contributed by atoms with E-state index in [1.165, 1.54) is 24.0 Å². The molecule has 0 spiro atoms. The van der Waals surface area contributed by atoms with Gasteiger partial charge in [-0.15, -0.1) is 5.73 Å². The summed E-state index contributed by atoms with van der Waals surface area (Å²) in [6.45, 7) is 8.98. The summed E-state index contributed by atoms with van der Waals surface area (Å²) in [5.74, 6) is 0.